The first-order valence-corrected chi connectivity index (χ1v) is 6.85. The lowest BCUT2D eigenvalue weighted by Gasteiger charge is -2.23. The fourth-order valence-electron chi connectivity index (χ4n) is 1.77. The molecule has 1 aliphatic rings. The van der Waals surface area contributed by atoms with Gasteiger partial charge in [-0.2, -0.15) is 0 Å². The monoisotopic (exact) mass is 267 g/mol. The molecule has 18 heavy (non-hydrogen) atoms. The van der Waals surface area contributed by atoms with Crippen LogP contribution in [0.4, 0.5) is 0 Å². The van der Waals surface area contributed by atoms with Crippen molar-refractivity contribution in [3.05, 3.63) is 35.9 Å². The second-order valence-electron chi connectivity index (χ2n) is 4.69. The van der Waals surface area contributed by atoms with Gasteiger partial charge in [-0.3, -0.25) is 4.52 Å². The van der Waals surface area contributed by atoms with E-state index in [1.165, 1.54) is 0 Å². The Kier molecular flexibility index (Phi) is 2.80. The Morgan fingerprint density at radius 2 is 2.00 bits per heavy atom. The zero-order valence-electron chi connectivity index (χ0n) is 10.2. The number of nitrogens with zero attached hydrogens (tertiary/aromatic N) is 1. The van der Waals surface area contributed by atoms with Crippen LogP contribution in [0.2, 0.25) is 0 Å². The number of rotatable bonds is 4. The average molecular weight is 267 g/mol. The van der Waals surface area contributed by atoms with E-state index in [2.05, 4.69) is 13.7 Å². The summed E-state index contributed by atoms with van der Waals surface area (Å²) in [5.74, 6) is 0.669. The summed E-state index contributed by atoms with van der Waals surface area (Å²) >= 11 is 0. The molecule has 0 aliphatic carbocycles. The summed E-state index contributed by atoms with van der Waals surface area (Å²) < 4.78 is 20.6. The fourth-order valence-corrected chi connectivity index (χ4v) is 2.44. The van der Waals surface area contributed by atoms with Crippen LogP contribution in [0.15, 0.2) is 44.0 Å². The van der Waals surface area contributed by atoms with Crippen molar-refractivity contribution in [1.29, 1.82) is 0 Å². The molecular formula is C12H14NO4P. The summed E-state index contributed by atoms with van der Waals surface area (Å²) in [5, 5.41) is 0. The van der Waals surface area contributed by atoms with Gasteiger partial charge in [-0.25, -0.2) is 13.7 Å². The Bertz CT molecular complexity index is 528. The number of benzene rings is 1. The Labute approximate surface area is 106 Å². The summed E-state index contributed by atoms with van der Waals surface area (Å²) in [5.41, 5.74) is 0.527. The van der Waals surface area contributed by atoms with Crippen LogP contribution >= 0.6 is 8.24 Å². The Hall–Kier alpha value is -1.45. The van der Waals surface area contributed by atoms with Gasteiger partial charge in [0, 0.05) is 5.56 Å². The smallest absolute Gasteiger partial charge is 0.468 e. The molecule has 0 N–H and O–H groups in total. The predicted octanol–water partition coefficient (Wildman–Crippen LogP) is 2.91. The molecule has 0 bridgehead atoms. The maximum absolute atomic E-state index is 5.65. The lowest BCUT2D eigenvalue weighted by Crippen LogP contribution is -2.40. The molecule has 5 nitrogen and oxygen atoms in total. The van der Waals surface area contributed by atoms with Crippen LogP contribution in [0, 0.1) is 0 Å². The summed E-state index contributed by atoms with van der Waals surface area (Å²) in [7, 11) is -1.15. The zero-order chi connectivity index (χ0) is 12.6. The van der Waals surface area contributed by atoms with Crippen LogP contribution in [0.5, 0.6) is 0 Å². The normalized spacial score (nSPS) is 19.9. The SMILES string of the molecule is CC(C)(Op1oo1)[C@@H]1COC(c2ccccc2)=N1. The van der Waals surface area contributed by atoms with Gasteiger partial charge in [-0.1, -0.05) is 18.2 Å². The van der Waals surface area contributed by atoms with Crippen molar-refractivity contribution >= 4 is 14.1 Å². The molecule has 6 heteroatoms. The summed E-state index contributed by atoms with van der Waals surface area (Å²) in [6.07, 6.45) is 0. The third kappa shape index (κ3) is 2.37. The van der Waals surface area contributed by atoms with E-state index in [-0.39, 0.29) is 6.04 Å². The van der Waals surface area contributed by atoms with Crippen molar-refractivity contribution in [2.75, 3.05) is 6.61 Å². The van der Waals surface area contributed by atoms with E-state index in [9.17, 15) is 0 Å². The van der Waals surface area contributed by atoms with Gasteiger partial charge in [0.1, 0.15) is 18.2 Å². The predicted molar refractivity (Wildman–Crippen MR) is 67.1 cm³/mol. The minimum absolute atomic E-state index is 0.0528. The molecule has 0 spiro atoms. The van der Waals surface area contributed by atoms with Crippen molar-refractivity contribution in [3.8, 4) is 0 Å². The first-order valence-electron chi connectivity index (χ1n) is 5.75. The van der Waals surface area contributed by atoms with Crippen LogP contribution in [0.3, 0.4) is 0 Å². The van der Waals surface area contributed by atoms with Gasteiger partial charge in [-0.05, 0) is 26.0 Å². The molecule has 3 rings (SSSR count). The van der Waals surface area contributed by atoms with Gasteiger partial charge >= 0.3 is 8.24 Å². The lowest BCUT2D eigenvalue weighted by atomic mass is 10.0. The maximum atomic E-state index is 5.65. The summed E-state index contributed by atoms with van der Waals surface area (Å²) in [4.78, 5) is 4.58. The quantitative estimate of drug-likeness (QED) is 0.799. The van der Waals surface area contributed by atoms with E-state index in [1.54, 1.807) is 0 Å². The molecule has 0 saturated carbocycles. The van der Waals surface area contributed by atoms with Crippen molar-refractivity contribution in [1.82, 2.24) is 0 Å². The van der Waals surface area contributed by atoms with Gasteiger partial charge in [0.2, 0.25) is 5.90 Å². The molecule has 1 atom stereocenters. The Morgan fingerprint density at radius 3 is 2.67 bits per heavy atom. The van der Waals surface area contributed by atoms with Gasteiger partial charge in [0.05, 0.1) is 0 Å². The molecular weight excluding hydrogens is 253 g/mol. The second kappa shape index (κ2) is 4.34. The van der Waals surface area contributed by atoms with E-state index in [4.69, 9.17) is 9.26 Å². The number of ether oxygens (including phenoxy) is 1. The fraction of sp³-hybridized carbons (Fsp3) is 0.417. The van der Waals surface area contributed by atoms with Crippen molar-refractivity contribution in [2.24, 2.45) is 4.99 Å². The van der Waals surface area contributed by atoms with Crippen molar-refractivity contribution < 1.29 is 18.0 Å². The molecule has 2 aromatic rings. The molecule has 0 saturated heterocycles. The topological polar surface area (TPSA) is 57.1 Å². The van der Waals surface area contributed by atoms with Crippen LogP contribution in [-0.4, -0.2) is 24.1 Å². The van der Waals surface area contributed by atoms with Gasteiger partial charge in [-0.15, -0.1) is 0 Å². The molecule has 0 radical (unpaired) electrons. The maximum Gasteiger partial charge on any atom is 0.468 e. The third-order valence-electron chi connectivity index (χ3n) is 2.92. The van der Waals surface area contributed by atoms with Gasteiger partial charge in [0.15, 0.2) is 0 Å². The van der Waals surface area contributed by atoms with Crippen LogP contribution < -0.4 is 4.52 Å². The average Bonchev–Trinajstić information content (AvgIpc) is 3.01. The first-order chi connectivity index (χ1) is 8.65. The molecule has 2 heterocycles. The van der Waals surface area contributed by atoms with E-state index in [1.807, 2.05) is 44.2 Å². The third-order valence-corrected chi connectivity index (χ3v) is 3.81. The van der Waals surface area contributed by atoms with Crippen LogP contribution in [0.1, 0.15) is 19.4 Å². The Morgan fingerprint density at radius 1 is 1.28 bits per heavy atom. The van der Waals surface area contributed by atoms with Crippen molar-refractivity contribution in [3.63, 3.8) is 0 Å². The summed E-state index contributed by atoms with van der Waals surface area (Å²) in [6.45, 7) is 4.44. The largest absolute Gasteiger partial charge is 0.475 e. The molecule has 0 amide bonds. The van der Waals surface area contributed by atoms with Crippen molar-refractivity contribution in [2.45, 2.75) is 25.5 Å². The number of hydrogen-bond donors (Lipinski definition) is 0. The minimum atomic E-state index is -1.15. The number of aliphatic imine (C=N–C) groups is 1. The molecule has 0 unspecified atom stereocenters. The summed E-state index contributed by atoms with van der Waals surface area (Å²) in [6, 6.07) is 9.80. The molecule has 1 aromatic carbocycles. The highest BCUT2D eigenvalue weighted by atomic mass is 31.1. The highest BCUT2D eigenvalue weighted by Crippen LogP contribution is 2.38. The molecule has 1 aliphatic heterocycles. The molecule has 0 fully saturated rings. The standard InChI is InChI=1S/C12H14NO4P/c1-12(2,15-18-16-17-18)10-8-14-11(13-10)9-6-4-3-5-7-9/h3-7,10H,8H2,1-2H3/t10-/m0/s1. The van der Waals surface area contributed by atoms with Crippen LogP contribution in [0.25, 0.3) is 0 Å². The Balaban J connectivity index is 1.77. The van der Waals surface area contributed by atoms with E-state index in [0.717, 1.165) is 5.56 Å². The molecule has 96 valence electrons. The van der Waals surface area contributed by atoms with E-state index in [0.29, 0.717) is 12.5 Å². The highest BCUT2D eigenvalue weighted by Gasteiger charge is 2.38. The van der Waals surface area contributed by atoms with E-state index < -0.39 is 13.8 Å². The van der Waals surface area contributed by atoms with Gasteiger partial charge < -0.3 is 4.74 Å². The van der Waals surface area contributed by atoms with Gasteiger partial charge in [0.25, 0.3) is 0 Å². The van der Waals surface area contributed by atoms with Crippen LogP contribution in [-0.2, 0) is 4.74 Å². The zero-order valence-corrected chi connectivity index (χ0v) is 11.1. The highest BCUT2D eigenvalue weighted by molar-refractivity contribution is 7.33. The molecule has 1 aromatic heterocycles. The number of hydrogen-bond acceptors (Lipinski definition) is 5. The van der Waals surface area contributed by atoms with E-state index >= 15 is 0 Å². The lowest BCUT2D eigenvalue weighted by molar-refractivity contribution is 0.120. The second-order valence-corrected chi connectivity index (χ2v) is 5.62. The first kappa shape index (κ1) is 11.6. The minimum Gasteiger partial charge on any atom is -0.475 e.